The maximum absolute atomic E-state index is 14.1. The fraction of sp³-hybridized carbons (Fsp3) is 0.292. The Kier molecular flexibility index (Phi) is 8.23. The van der Waals surface area contributed by atoms with Crippen LogP contribution in [0.3, 0.4) is 0 Å². The average molecular weight is 631 g/mol. The molecule has 2 aliphatic rings. The summed E-state index contributed by atoms with van der Waals surface area (Å²) in [6.07, 6.45) is 3.44. The van der Waals surface area contributed by atoms with Gasteiger partial charge in [0.05, 0.1) is 20.6 Å². The first-order valence-electron chi connectivity index (χ1n) is 10.7. The first-order valence-corrected chi connectivity index (χ1v) is 13.0. The Balaban J connectivity index is 1.51. The van der Waals surface area contributed by atoms with Gasteiger partial charge in [-0.25, -0.2) is 4.39 Å². The van der Waals surface area contributed by atoms with Gasteiger partial charge in [-0.1, -0.05) is 17.7 Å². The summed E-state index contributed by atoms with van der Waals surface area (Å²) in [6, 6.07) is 7.82. The zero-order valence-electron chi connectivity index (χ0n) is 18.7. The summed E-state index contributed by atoms with van der Waals surface area (Å²) in [5, 5.41) is -0.216. The second-order valence-corrected chi connectivity index (χ2v) is 10.4. The zero-order valence-corrected chi connectivity index (χ0v) is 22.4. The molecule has 0 atom stereocenters. The molecule has 35 heavy (non-hydrogen) atoms. The molecule has 0 unspecified atom stereocenters. The van der Waals surface area contributed by atoms with Crippen molar-refractivity contribution in [2.75, 3.05) is 26.7 Å². The number of ether oxygens (including phenoxy) is 2. The van der Waals surface area contributed by atoms with Crippen molar-refractivity contribution in [2.24, 2.45) is 0 Å². The minimum absolute atomic E-state index is 0.0961. The van der Waals surface area contributed by atoms with E-state index in [2.05, 4.69) is 22.6 Å². The Hall–Kier alpha value is -2.31. The summed E-state index contributed by atoms with van der Waals surface area (Å²) < 4.78 is 26.0. The lowest BCUT2D eigenvalue weighted by Gasteiger charge is -2.18. The van der Waals surface area contributed by atoms with E-state index in [4.69, 9.17) is 21.1 Å². The van der Waals surface area contributed by atoms with Crippen LogP contribution in [0.25, 0.3) is 6.08 Å². The summed E-state index contributed by atoms with van der Waals surface area (Å²) in [7, 11) is 1.47. The number of likely N-dealkylation sites (tertiary alicyclic amines) is 1. The minimum atomic E-state index is -0.504. The van der Waals surface area contributed by atoms with Crippen molar-refractivity contribution in [3.63, 3.8) is 0 Å². The number of carbonyl (C=O) groups excluding carboxylic acids is 3. The standard InChI is InChI=1S/C24H21ClFIN2O5S/c1-33-19-10-14(9-18(27)22(19)34-13-15-16(25)5-4-6-17(15)26)11-20-23(31)29(24(32)35-20)12-21(30)28-7-2-3-8-28/h4-6,9-11H,2-3,7-8,12-13H2,1H3/b20-11-. The molecule has 2 aliphatic heterocycles. The van der Waals surface area contributed by atoms with E-state index < -0.39 is 17.0 Å². The molecule has 7 nitrogen and oxygen atoms in total. The van der Waals surface area contributed by atoms with Crippen molar-refractivity contribution in [3.05, 3.63) is 60.8 Å². The molecular formula is C24H21ClFIN2O5S. The molecule has 0 bridgehead atoms. The fourth-order valence-corrected chi connectivity index (χ4v) is 5.60. The van der Waals surface area contributed by atoms with Gasteiger partial charge in [0.25, 0.3) is 11.1 Å². The molecule has 11 heteroatoms. The van der Waals surface area contributed by atoms with Crippen LogP contribution in [-0.4, -0.2) is 53.6 Å². The largest absolute Gasteiger partial charge is 0.493 e. The Morgan fingerprint density at radius 1 is 1.26 bits per heavy atom. The predicted molar refractivity (Wildman–Crippen MR) is 140 cm³/mol. The smallest absolute Gasteiger partial charge is 0.294 e. The molecule has 3 amide bonds. The van der Waals surface area contributed by atoms with E-state index in [1.54, 1.807) is 29.2 Å². The van der Waals surface area contributed by atoms with E-state index in [1.807, 2.05) is 0 Å². The molecule has 2 aromatic carbocycles. The first-order chi connectivity index (χ1) is 16.8. The topological polar surface area (TPSA) is 76.2 Å². The summed E-state index contributed by atoms with van der Waals surface area (Å²) >= 11 is 8.93. The molecule has 0 spiro atoms. The molecule has 2 saturated heterocycles. The predicted octanol–water partition coefficient (Wildman–Crippen LogP) is 5.33. The molecular weight excluding hydrogens is 610 g/mol. The molecule has 4 rings (SSSR count). The minimum Gasteiger partial charge on any atom is -0.493 e. The lowest BCUT2D eigenvalue weighted by molar-refractivity contribution is -0.135. The number of methoxy groups -OCH3 is 1. The van der Waals surface area contributed by atoms with Gasteiger partial charge in [0.2, 0.25) is 5.91 Å². The van der Waals surface area contributed by atoms with Gasteiger partial charge in [-0.15, -0.1) is 0 Å². The van der Waals surface area contributed by atoms with Crippen molar-refractivity contribution in [1.29, 1.82) is 0 Å². The normalized spacial score (nSPS) is 17.0. The molecule has 2 aromatic rings. The number of rotatable bonds is 7. The molecule has 2 fully saturated rings. The number of nitrogens with zero attached hydrogens (tertiary/aromatic N) is 2. The van der Waals surface area contributed by atoms with E-state index in [0.717, 1.165) is 29.5 Å². The molecule has 0 N–H and O–H groups in total. The van der Waals surface area contributed by atoms with Crippen LogP contribution in [0.2, 0.25) is 5.02 Å². The third-order valence-electron chi connectivity index (χ3n) is 5.60. The summed E-state index contributed by atoms with van der Waals surface area (Å²) in [5.74, 6) is -0.426. The number of hydrogen-bond acceptors (Lipinski definition) is 6. The first kappa shape index (κ1) is 25.8. The molecule has 0 aliphatic carbocycles. The Morgan fingerprint density at radius 3 is 2.69 bits per heavy atom. The van der Waals surface area contributed by atoms with Gasteiger partial charge in [0.1, 0.15) is 19.0 Å². The highest BCUT2D eigenvalue weighted by Crippen LogP contribution is 2.38. The van der Waals surface area contributed by atoms with Crippen LogP contribution in [0.15, 0.2) is 35.2 Å². The summed E-state index contributed by atoms with van der Waals surface area (Å²) in [6.45, 7) is 0.955. The Labute approximate surface area is 224 Å². The van der Waals surface area contributed by atoms with E-state index in [-0.39, 0.29) is 34.6 Å². The van der Waals surface area contributed by atoms with Gasteiger partial charge in [0, 0.05) is 18.7 Å². The van der Waals surface area contributed by atoms with Crippen molar-refractivity contribution in [2.45, 2.75) is 19.4 Å². The Morgan fingerprint density at radius 2 is 2.00 bits per heavy atom. The lowest BCUT2D eigenvalue weighted by atomic mass is 10.1. The monoisotopic (exact) mass is 630 g/mol. The number of benzene rings is 2. The SMILES string of the molecule is COc1cc(/C=C2\SC(=O)N(CC(=O)N3CCCC3)C2=O)cc(I)c1OCc1c(F)cccc1Cl. The van der Waals surface area contributed by atoms with Gasteiger partial charge >= 0.3 is 0 Å². The number of carbonyl (C=O) groups is 3. The van der Waals surface area contributed by atoms with Crippen molar-refractivity contribution in [3.8, 4) is 11.5 Å². The maximum atomic E-state index is 14.1. The number of thioether (sulfide) groups is 1. The quantitative estimate of drug-likeness (QED) is 0.304. The Bertz CT molecular complexity index is 1200. The van der Waals surface area contributed by atoms with Crippen LogP contribution in [0.5, 0.6) is 11.5 Å². The molecule has 0 radical (unpaired) electrons. The second kappa shape index (κ2) is 11.2. The summed E-state index contributed by atoms with van der Waals surface area (Å²) in [5.41, 5.74) is 0.840. The highest BCUT2D eigenvalue weighted by molar-refractivity contribution is 14.1. The van der Waals surface area contributed by atoms with Crippen LogP contribution in [0.1, 0.15) is 24.0 Å². The van der Waals surface area contributed by atoms with Gasteiger partial charge in [-0.3, -0.25) is 19.3 Å². The van der Waals surface area contributed by atoms with E-state index in [9.17, 15) is 18.8 Å². The van der Waals surface area contributed by atoms with Crippen molar-refractivity contribution in [1.82, 2.24) is 9.80 Å². The molecule has 0 aromatic heterocycles. The number of amides is 3. The number of halogens is 3. The van der Waals surface area contributed by atoms with Crippen LogP contribution in [0.4, 0.5) is 9.18 Å². The van der Waals surface area contributed by atoms with Gasteiger partial charge < -0.3 is 14.4 Å². The van der Waals surface area contributed by atoms with Crippen LogP contribution >= 0.6 is 46.0 Å². The van der Waals surface area contributed by atoms with Gasteiger partial charge in [-0.05, 0) is 83.1 Å². The van der Waals surface area contributed by atoms with Crippen LogP contribution < -0.4 is 9.47 Å². The third-order valence-corrected chi connectivity index (χ3v) is 7.66. The van der Waals surface area contributed by atoms with E-state index >= 15 is 0 Å². The third kappa shape index (κ3) is 5.75. The number of imide groups is 1. The molecule has 0 saturated carbocycles. The number of hydrogen-bond donors (Lipinski definition) is 0. The van der Waals surface area contributed by atoms with Crippen LogP contribution in [0, 0.1) is 9.39 Å². The van der Waals surface area contributed by atoms with Gasteiger partial charge in [0.15, 0.2) is 11.5 Å². The fourth-order valence-electron chi connectivity index (χ4n) is 3.77. The van der Waals surface area contributed by atoms with E-state index in [0.29, 0.717) is 33.7 Å². The molecule has 2 heterocycles. The average Bonchev–Trinajstić information content (AvgIpc) is 3.44. The van der Waals surface area contributed by atoms with Crippen LogP contribution in [-0.2, 0) is 16.2 Å². The highest BCUT2D eigenvalue weighted by atomic mass is 127. The highest BCUT2D eigenvalue weighted by Gasteiger charge is 2.37. The van der Waals surface area contributed by atoms with E-state index in [1.165, 1.54) is 19.2 Å². The summed E-state index contributed by atoms with van der Waals surface area (Å²) in [4.78, 5) is 40.6. The zero-order chi connectivity index (χ0) is 25.1. The van der Waals surface area contributed by atoms with Crippen molar-refractivity contribution >= 4 is 69.1 Å². The maximum Gasteiger partial charge on any atom is 0.294 e. The van der Waals surface area contributed by atoms with Gasteiger partial charge in [-0.2, -0.15) is 0 Å². The second-order valence-electron chi connectivity index (χ2n) is 7.88. The molecule has 184 valence electrons. The lowest BCUT2D eigenvalue weighted by Crippen LogP contribution is -2.40. The van der Waals surface area contributed by atoms with Crippen molar-refractivity contribution < 1.29 is 28.2 Å².